The SMILES string of the molecule is CC.CC.CCC1CC(C)N(S(=O)(=O)C(F)F)C1. The van der Waals surface area contributed by atoms with E-state index in [1.165, 1.54) is 0 Å². The van der Waals surface area contributed by atoms with Crippen molar-refractivity contribution in [1.82, 2.24) is 4.31 Å². The van der Waals surface area contributed by atoms with Gasteiger partial charge in [0.15, 0.2) is 0 Å². The molecule has 112 valence electrons. The van der Waals surface area contributed by atoms with Crippen LogP contribution >= 0.6 is 0 Å². The van der Waals surface area contributed by atoms with Crippen molar-refractivity contribution in [3.8, 4) is 0 Å². The molecule has 1 aliphatic rings. The molecule has 0 radical (unpaired) electrons. The molecule has 2 atom stereocenters. The number of sulfonamides is 1. The number of alkyl halides is 2. The van der Waals surface area contributed by atoms with E-state index in [-0.39, 0.29) is 18.5 Å². The van der Waals surface area contributed by atoms with Crippen LogP contribution in [0.1, 0.15) is 54.4 Å². The second kappa shape index (κ2) is 9.67. The van der Waals surface area contributed by atoms with Crippen LogP contribution in [0.4, 0.5) is 8.78 Å². The molecule has 0 saturated carbocycles. The molecule has 0 amide bonds. The summed E-state index contributed by atoms with van der Waals surface area (Å²) in [5, 5.41) is 0. The maximum absolute atomic E-state index is 12.2. The average molecular weight is 287 g/mol. The predicted octanol–water partition coefficient (Wildman–Crippen LogP) is 3.71. The van der Waals surface area contributed by atoms with Gasteiger partial charge < -0.3 is 0 Å². The summed E-state index contributed by atoms with van der Waals surface area (Å²) in [7, 11) is -4.37. The molecule has 0 spiro atoms. The summed E-state index contributed by atoms with van der Waals surface area (Å²) in [6, 6.07) is -0.293. The van der Waals surface area contributed by atoms with Gasteiger partial charge in [-0.25, -0.2) is 8.42 Å². The Hall–Kier alpha value is -0.230. The molecule has 18 heavy (non-hydrogen) atoms. The molecule has 0 aromatic heterocycles. The molecule has 1 aliphatic heterocycles. The van der Waals surface area contributed by atoms with Crippen LogP contribution in [0.3, 0.4) is 0 Å². The third-order valence-corrected chi connectivity index (χ3v) is 4.35. The van der Waals surface area contributed by atoms with Gasteiger partial charge in [-0.3, -0.25) is 0 Å². The van der Waals surface area contributed by atoms with Crippen LogP contribution in [0.25, 0.3) is 0 Å². The highest BCUT2D eigenvalue weighted by atomic mass is 32.2. The molecule has 3 nitrogen and oxygen atoms in total. The zero-order chi connectivity index (χ0) is 14.9. The molecule has 1 fully saturated rings. The molecule has 0 N–H and O–H groups in total. The zero-order valence-electron chi connectivity index (χ0n) is 12.3. The Bertz CT molecular complexity index is 294. The Kier molecular flexibility index (Phi) is 10.8. The summed E-state index contributed by atoms with van der Waals surface area (Å²) in [5.41, 5.74) is 0. The smallest absolute Gasteiger partial charge is 0.206 e. The molecular weight excluding hydrogens is 260 g/mol. The van der Waals surface area contributed by atoms with Crippen molar-refractivity contribution in [1.29, 1.82) is 0 Å². The van der Waals surface area contributed by atoms with Crippen molar-refractivity contribution in [3.63, 3.8) is 0 Å². The van der Waals surface area contributed by atoms with Crippen molar-refractivity contribution >= 4 is 10.0 Å². The first-order valence-corrected chi connectivity index (χ1v) is 8.18. The highest BCUT2D eigenvalue weighted by Gasteiger charge is 2.40. The molecule has 1 saturated heterocycles. The van der Waals surface area contributed by atoms with Crippen molar-refractivity contribution in [2.75, 3.05) is 6.54 Å². The van der Waals surface area contributed by atoms with Gasteiger partial charge in [0.05, 0.1) is 0 Å². The summed E-state index contributed by atoms with van der Waals surface area (Å²) in [5.74, 6) is -3.07. The lowest BCUT2D eigenvalue weighted by Gasteiger charge is -2.19. The molecule has 6 heteroatoms. The van der Waals surface area contributed by atoms with E-state index in [2.05, 4.69) is 0 Å². The number of rotatable bonds is 3. The fourth-order valence-corrected chi connectivity index (χ4v) is 3.07. The molecule has 0 aromatic carbocycles. The topological polar surface area (TPSA) is 37.4 Å². The minimum absolute atomic E-state index is 0.221. The van der Waals surface area contributed by atoms with Gasteiger partial charge in [0.25, 0.3) is 10.0 Å². The molecule has 1 rings (SSSR count). The van der Waals surface area contributed by atoms with E-state index in [1.54, 1.807) is 6.92 Å². The van der Waals surface area contributed by atoms with Crippen molar-refractivity contribution in [2.45, 2.75) is 66.2 Å². The van der Waals surface area contributed by atoms with E-state index in [4.69, 9.17) is 0 Å². The van der Waals surface area contributed by atoms with E-state index < -0.39 is 15.8 Å². The van der Waals surface area contributed by atoms with Gasteiger partial charge in [-0.15, -0.1) is 0 Å². The quantitative estimate of drug-likeness (QED) is 0.793. The lowest BCUT2D eigenvalue weighted by Crippen LogP contribution is -2.37. The fraction of sp³-hybridized carbons (Fsp3) is 1.00. The first-order valence-electron chi connectivity index (χ1n) is 6.68. The van der Waals surface area contributed by atoms with Gasteiger partial charge in [0, 0.05) is 12.6 Å². The van der Waals surface area contributed by atoms with E-state index in [0.717, 1.165) is 10.7 Å². The highest BCUT2D eigenvalue weighted by molar-refractivity contribution is 7.89. The highest BCUT2D eigenvalue weighted by Crippen LogP contribution is 2.29. The second-order valence-corrected chi connectivity index (χ2v) is 5.59. The van der Waals surface area contributed by atoms with Gasteiger partial charge in [0.1, 0.15) is 0 Å². The van der Waals surface area contributed by atoms with E-state index in [0.29, 0.717) is 6.42 Å². The van der Waals surface area contributed by atoms with Crippen LogP contribution in [0.2, 0.25) is 0 Å². The minimum atomic E-state index is -4.37. The summed E-state index contributed by atoms with van der Waals surface area (Å²) in [6.45, 7) is 11.9. The van der Waals surface area contributed by atoms with Crippen LogP contribution in [-0.4, -0.2) is 31.1 Å². The molecule has 0 aliphatic carbocycles. The van der Waals surface area contributed by atoms with E-state index in [1.807, 2.05) is 34.6 Å². The summed E-state index contributed by atoms with van der Waals surface area (Å²) >= 11 is 0. The molecule has 0 aromatic rings. The molecule has 1 heterocycles. The molecule has 2 unspecified atom stereocenters. The summed E-state index contributed by atoms with van der Waals surface area (Å²) in [4.78, 5) is 0. The predicted molar refractivity (Wildman–Crippen MR) is 72.2 cm³/mol. The van der Waals surface area contributed by atoms with Crippen molar-refractivity contribution in [3.05, 3.63) is 0 Å². The maximum Gasteiger partial charge on any atom is 0.350 e. The monoisotopic (exact) mass is 287 g/mol. The van der Waals surface area contributed by atoms with E-state index >= 15 is 0 Å². The van der Waals surface area contributed by atoms with E-state index in [9.17, 15) is 17.2 Å². The molecule has 0 bridgehead atoms. The van der Waals surface area contributed by atoms with Crippen LogP contribution in [0, 0.1) is 5.92 Å². The lowest BCUT2D eigenvalue weighted by molar-refractivity contribution is 0.217. The standard InChI is InChI=1S/C8H15F2NO2S.2C2H6/c1-3-7-4-6(2)11(5-7)14(12,13)8(9)10;2*1-2/h6-8H,3-5H2,1-2H3;2*1-2H3. The van der Waals surface area contributed by atoms with Crippen LogP contribution in [-0.2, 0) is 10.0 Å². The lowest BCUT2D eigenvalue weighted by atomic mass is 10.0. The maximum atomic E-state index is 12.2. The first-order chi connectivity index (χ1) is 8.39. The van der Waals surface area contributed by atoms with Crippen LogP contribution < -0.4 is 0 Å². The Labute approximate surface area is 111 Å². The number of nitrogens with zero attached hydrogens (tertiary/aromatic N) is 1. The van der Waals surface area contributed by atoms with Gasteiger partial charge in [0.2, 0.25) is 0 Å². The normalized spacial score (nSPS) is 24.1. The Morgan fingerprint density at radius 3 is 1.94 bits per heavy atom. The minimum Gasteiger partial charge on any atom is -0.206 e. The average Bonchev–Trinajstić information content (AvgIpc) is 2.76. The van der Waals surface area contributed by atoms with Gasteiger partial charge in [-0.2, -0.15) is 13.1 Å². The first kappa shape index (κ1) is 20.1. The Morgan fingerprint density at radius 1 is 1.22 bits per heavy atom. The number of hydrogen-bond donors (Lipinski definition) is 0. The second-order valence-electron chi connectivity index (χ2n) is 3.73. The van der Waals surface area contributed by atoms with Crippen LogP contribution in [0.15, 0.2) is 0 Å². The third-order valence-electron chi connectivity index (χ3n) is 2.73. The number of halogens is 2. The molecular formula is C12H27F2NO2S. The fourth-order valence-electron chi connectivity index (χ4n) is 1.86. The summed E-state index contributed by atoms with van der Waals surface area (Å²) in [6.07, 6.45) is 1.52. The zero-order valence-corrected chi connectivity index (χ0v) is 13.1. The Morgan fingerprint density at radius 2 is 1.67 bits per heavy atom. The van der Waals surface area contributed by atoms with Crippen LogP contribution in [0.5, 0.6) is 0 Å². The van der Waals surface area contributed by atoms with Crippen molar-refractivity contribution < 1.29 is 17.2 Å². The summed E-state index contributed by atoms with van der Waals surface area (Å²) < 4.78 is 47.8. The number of hydrogen-bond acceptors (Lipinski definition) is 2. The largest absolute Gasteiger partial charge is 0.350 e. The third kappa shape index (κ3) is 5.18. The van der Waals surface area contributed by atoms with Gasteiger partial charge in [-0.05, 0) is 19.3 Å². The van der Waals surface area contributed by atoms with Crippen molar-refractivity contribution in [2.24, 2.45) is 5.92 Å². The van der Waals surface area contributed by atoms with Gasteiger partial charge >= 0.3 is 5.76 Å². The Balaban J connectivity index is 0. The van der Waals surface area contributed by atoms with Gasteiger partial charge in [-0.1, -0.05) is 41.0 Å².